The summed E-state index contributed by atoms with van der Waals surface area (Å²) in [4.78, 5) is 18.2. The van der Waals surface area contributed by atoms with Crippen LogP contribution in [0.15, 0.2) is 48.7 Å². The first-order chi connectivity index (χ1) is 11.2. The van der Waals surface area contributed by atoms with E-state index in [9.17, 15) is 9.18 Å². The maximum Gasteiger partial charge on any atom is 0.253 e. The van der Waals surface area contributed by atoms with E-state index in [0.29, 0.717) is 25.4 Å². The van der Waals surface area contributed by atoms with Crippen molar-refractivity contribution in [1.82, 2.24) is 4.98 Å². The van der Waals surface area contributed by atoms with Crippen molar-refractivity contribution in [3.63, 3.8) is 0 Å². The number of pyridine rings is 1. The quantitative estimate of drug-likeness (QED) is 0.702. The lowest BCUT2D eigenvalue weighted by molar-refractivity contribution is -0.123. The Morgan fingerprint density at radius 2 is 1.96 bits per heavy atom. The van der Waals surface area contributed by atoms with Gasteiger partial charge in [0.05, 0.1) is 25.5 Å². The second-order valence-electron chi connectivity index (χ2n) is 4.82. The predicted octanol–water partition coefficient (Wildman–Crippen LogP) is 2.42. The lowest BCUT2D eigenvalue weighted by atomic mass is 10.2. The van der Waals surface area contributed by atoms with Crippen LogP contribution in [0.5, 0.6) is 0 Å². The summed E-state index contributed by atoms with van der Waals surface area (Å²) < 4.78 is 23.3. The Hall–Kier alpha value is -2.31. The first-order valence-electron chi connectivity index (χ1n) is 7.23. The summed E-state index contributed by atoms with van der Waals surface area (Å²) in [5, 5.41) is 0. The van der Waals surface area contributed by atoms with Crippen molar-refractivity contribution in [2.75, 3.05) is 31.8 Å². The third-order valence-corrected chi connectivity index (χ3v) is 3.14. The molecule has 6 heteroatoms. The molecule has 1 amide bonds. The molecule has 0 aliphatic carbocycles. The lowest BCUT2D eigenvalue weighted by Crippen LogP contribution is -2.34. The molecule has 0 atom stereocenters. The molecule has 2 aromatic rings. The van der Waals surface area contributed by atoms with Crippen LogP contribution in [0, 0.1) is 5.82 Å². The normalized spacial score (nSPS) is 10.5. The second-order valence-corrected chi connectivity index (χ2v) is 4.82. The number of anilines is 1. The monoisotopic (exact) mass is 318 g/mol. The van der Waals surface area contributed by atoms with Gasteiger partial charge in [-0.25, -0.2) is 4.39 Å². The first kappa shape index (κ1) is 17.1. The number of methoxy groups -OCH3 is 1. The summed E-state index contributed by atoms with van der Waals surface area (Å²) in [7, 11) is 1.57. The fourth-order valence-electron chi connectivity index (χ4n) is 1.98. The largest absolute Gasteiger partial charge is 0.382 e. The Morgan fingerprint density at radius 3 is 2.61 bits per heavy atom. The van der Waals surface area contributed by atoms with Gasteiger partial charge in [-0.05, 0) is 36.4 Å². The average molecular weight is 318 g/mol. The van der Waals surface area contributed by atoms with E-state index in [1.165, 1.54) is 17.0 Å². The molecule has 122 valence electrons. The van der Waals surface area contributed by atoms with E-state index in [2.05, 4.69) is 4.98 Å². The highest BCUT2D eigenvalue weighted by Crippen LogP contribution is 2.17. The van der Waals surface area contributed by atoms with E-state index < -0.39 is 0 Å². The zero-order chi connectivity index (χ0) is 16.5. The number of nitrogens with zero attached hydrogens (tertiary/aromatic N) is 2. The zero-order valence-electron chi connectivity index (χ0n) is 12.9. The van der Waals surface area contributed by atoms with E-state index in [1.54, 1.807) is 31.5 Å². The second kappa shape index (κ2) is 8.97. The van der Waals surface area contributed by atoms with E-state index in [-0.39, 0.29) is 18.3 Å². The van der Waals surface area contributed by atoms with Crippen molar-refractivity contribution in [2.24, 2.45) is 0 Å². The molecular weight excluding hydrogens is 299 g/mol. The Labute approximate surface area is 134 Å². The third-order valence-electron chi connectivity index (χ3n) is 3.14. The van der Waals surface area contributed by atoms with Gasteiger partial charge in [0.15, 0.2) is 0 Å². The van der Waals surface area contributed by atoms with Gasteiger partial charge in [-0.3, -0.25) is 9.78 Å². The van der Waals surface area contributed by atoms with Crippen molar-refractivity contribution in [2.45, 2.75) is 6.54 Å². The molecule has 0 N–H and O–H groups in total. The van der Waals surface area contributed by atoms with Gasteiger partial charge in [-0.2, -0.15) is 0 Å². The third kappa shape index (κ3) is 5.43. The minimum atomic E-state index is -0.352. The van der Waals surface area contributed by atoms with Crippen molar-refractivity contribution >= 4 is 11.6 Å². The van der Waals surface area contributed by atoms with Gasteiger partial charge < -0.3 is 14.4 Å². The molecule has 0 bridgehead atoms. The highest BCUT2D eigenvalue weighted by Gasteiger charge is 2.17. The Bertz CT molecular complexity index is 605. The topological polar surface area (TPSA) is 51.7 Å². The van der Waals surface area contributed by atoms with Gasteiger partial charge in [0.1, 0.15) is 12.4 Å². The lowest BCUT2D eigenvalue weighted by Gasteiger charge is -2.22. The van der Waals surface area contributed by atoms with Crippen LogP contribution in [0.1, 0.15) is 5.69 Å². The fourth-order valence-corrected chi connectivity index (χ4v) is 1.98. The number of benzene rings is 1. The Morgan fingerprint density at radius 1 is 1.17 bits per heavy atom. The summed E-state index contributed by atoms with van der Waals surface area (Å²) >= 11 is 0. The molecule has 0 saturated carbocycles. The minimum Gasteiger partial charge on any atom is -0.382 e. The highest BCUT2D eigenvalue weighted by molar-refractivity contribution is 5.94. The van der Waals surface area contributed by atoms with E-state index in [4.69, 9.17) is 9.47 Å². The first-order valence-corrected chi connectivity index (χ1v) is 7.23. The number of carbonyl (C=O) groups excluding carboxylic acids is 1. The molecule has 1 aromatic heterocycles. The predicted molar refractivity (Wildman–Crippen MR) is 84.5 cm³/mol. The van der Waals surface area contributed by atoms with Gasteiger partial charge in [-0.15, -0.1) is 0 Å². The van der Waals surface area contributed by atoms with Crippen LogP contribution in [0.2, 0.25) is 0 Å². The molecule has 2 rings (SSSR count). The number of ether oxygens (including phenoxy) is 2. The van der Waals surface area contributed by atoms with Crippen LogP contribution >= 0.6 is 0 Å². The molecule has 1 heterocycles. The van der Waals surface area contributed by atoms with Crippen molar-refractivity contribution in [1.29, 1.82) is 0 Å². The number of hydrogen-bond donors (Lipinski definition) is 0. The molecule has 0 saturated heterocycles. The summed E-state index contributed by atoms with van der Waals surface area (Å²) in [6.45, 7) is 0.972. The van der Waals surface area contributed by atoms with Gasteiger partial charge in [0.2, 0.25) is 0 Å². The summed E-state index contributed by atoms with van der Waals surface area (Å²) in [5.41, 5.74) is 1.33. The van der Waals surface area contributed by atoms with Gasteiger partial charge in [0, 0.05) is 19.0 Å². The molecule has 23 heavy (non-hydrogen) atoms. The number of carbonyl (C=O) groups is 1. The van der Waals surface area contributed by atoms with Gasteiger partial charge >= 0.3 is 0 Å². The number of amides is 1. The summed E-state index contributed by atoms with van der Waals surface area (Å²) in [5.74, 6) is -0.575. The number of hydrogen-bond acceptors (Lipinski definition) is 4. The van der Waals surface area contributed by atoms with Crippen LogP contribution in [-0.2, 0) is 20.8 Å². The highest BCUT2D eigenvalue weighted by atomic mass is 19.1. The molecular formula is C17H19FN2O3. The maximum atomic E-state index is 13.1. The number of rotatable bonds is 8. The fraction of sp³-hybridized carbons (Fsp3) is 0.294. The summed E-state index contributed by atoms with van der Waals surface area (Å²) in [6.07, 6.45) is 1.66. The molecule has 0 aliphatic rings. The van der Waals surface area contributed by atoms with E-state index in [0.717, 1.165) is 5.69 Å². The number of halogens is 1. The standard InChI is InChI=1S/C17H19FN2O3/c1-22-10-11-23-13-17(21)20(12-15-4-2-3-9-19-15)16-7-5-14(18)6-8-16/h2-9H,10-13H2,1H3. The molecule has 5 nitrogen and oxygen atoms in total. The number of aromatic nitrogens is 1. The van der Waals surface area contributed by atoms with Crippen LogP contribution in [-0.4, -0.2) is 37.8 Å². The molecule has 0 fully saturated rings. The molecule has 0 spiro atoms. The molecule has 0 unspecified atom stereocenters. The Balaban J connectivity index is 2.10. The van der Waals surface area contributed by atoms with Gasteiger partial charge in [-0.1, -0.05) is 6.07 Å². The minimum absolute atomic E-state index is 0.0758. The molecule has 0 aliphatic heterocycles. The van der Waals surface area contributed by atoms with Crippen LogP contribution in [0.25, 0.3) is 0 Å². The van der Waals surface area contributed by atoms with Crippen LogP contribution < -0.4 is 4.90 Å². The van der Waals surface area contributed by atoms with Crippen LogP contribution in [0.4, 0.5) is 10.1 Å². The van der Waals surface area contributed by atoms with E-state index >= 15 is 0 Å². The average Bonchev–Trinajstić information content (AvgIpc) is 2.58. The Kier molecular flexibility index (Phi) is 6.65. The van der Waals surface area contributed by atoms with E-state index in [1.807, 2.05) is 12.1 Å². The van der Waals surface area contributed by atoms with Crippen molar-refractivity contribution in [3.05, 3.63) is 60.2 Å². The van der Waals surface area contributed by atoms with Crippen molar-refractivity contribution in [3.8, 4) is 0 Å². The molecule has 1 aromatic carbocycles. The SMILES string of the molecule is COCCOCC(=O)N(Cc1ccccn1)c1ccc(F)cc1. The molecule has 0 radical (unpaired) electrons. The van der Waals surface area contributed by atoms with Crippen LogP contribution in [0.3, 0.4) is 0 Å². The smallest absolute Gasteiger partial charge is 0.253 e. The zero-order valence-corrected chi connectivity index (χ0v) is 12.9. The van der Waals surface area contributed by atoms with Gasteiger partial charge in [0.25, 0.3) is 5.91 Å². The van der Waals surface area contributed by atoms with Crippen molar-refractivity contribution < 1.29 is 18.7 Å². The maximum absolute atomic E-state index is 13.1. The summed E-state index contributed by atoms with van der Waals surface area (Å²) in [6, 6.07) is 11.2.